The van der Waals surface area contributed by atoms with Gasteiger partial charge in [0.1, 0.15) is 11.7 Å². The minimum absolute atomic E-state index is 0.724. The van der Waals surface area contributed by atoms with Crippen LogP contribution in [0.15, 0.2) is 15.7 Å². The Morgan fingerprint density at radius 1 is 1.41 bits per heavy atom. The zero-order valence-electron chi connectivity index (χ0n) is 9.68. The molecule has 1 aromatic rings. The van der Waals surface area contributed by atoms with E-state index in [4.69, 9.17) is 0 Å². The maximum atomic E-state index is 4.58. The number of hydrogen-bond donors (Lipinski definition) is 0. The van der Waals surface area contributed by atoms with E-state index in [-0.39, 0.29) is 0 Å². The van der Waals surface area contributed by atoms with E-state index in [2.05, 4.69) is 35.8 Å². The summed E-state index contributed by atoms with van der Waals surface area (Å²) in [5, 5.41) is 0. The maximum absolute atomic E-state index is 4.58. The Morgan fingerprint density at radius 3 is 3.00 bits per heavy atom. The van der Waals surface area contributed by atoms with Crippen molar-refractivity contribution >= 4 is 39.6 Å². The van der Waals surface area contributed by atoms with E-state index >= 15 is 0 Å². The molecule has 0 N–H and O–H groups in total. The van der Waals surface area contributed by atoms with Crippen LogP contribution in [0.4, 0.5) is 11.8 Å². The van der Waals surface area contributed by atoms with Crippen molar-refractivity contribution in [3.63, 3.8) is 0 Å². The molecule has 3 rings (SSSR count). The zero-order valence-corrected chi connectivity index (χ0v) is 11.3. The lowest BCUT2D eigenvalue weighted by molar-refractivity contribution is 0.951. The summed E-state index contributed by atoms with van der Waals surface area (Å²) < 4.78 is 1.00. The van der Waals surface area contributed by atoms with Crippen LogP contribution in [-0.4, -0.2) is 43.0 Å². The van der Waals surface area contributed by atoms with Crippen molar-refractivity contribution in [3.8, 4) is 0 Å². The molecule has 0 aliphatic carbocycles. The average Bonchev–Trinajstić information content (AvgIpc) is 2.78. The topological polar surface area (TPSA) is 44.6 Å². The summed E-state index contributed by atoms with van der Waals surface area (Å²) in [6, 6.07) is 0. The minimum Gasteiger partial charge on any atom is -0.347 e. The average molecular weight is 294 g/mol. The van der Waals surface area contributed by atoms with Gasteiger partial charge in [0.15, 0.2) is 0 Å². The Morgan fingerprint density at radius 2 is 2.24 bits per heavy atom. The number of aromatic nitrogens is 2. The summed E-state index contributed by atoms with van der Waals surface area (Å²) >= 11 is 3.54. The fraction of sp³-hybridized carbons (Fsp3) is 0.364. The van der Waals surface area contributed by atoms with Crippen LogP contribution in [0, 0.1) is 0 Å². The number of hydrogen-bond acceptors (Lipinski definition) is 5. The van der Waals surface area contributed by atoms with Crippen LogP contribution in [0.1, 0.15) is 5.56 Å². The lowest BCUT2D eigenvalue weighted by atomic mass is 10.2. The zero-order chi connectivity index (χ0) is 12.0. The molecule has 17 heavy (non-hydrogen) atoms. The first-order chi connectivity index (χ1) is 8.16. The van der Waals surface area contributed by atoms with Crippen LogP contribution in [0.25, 0.3) is 6.08 Å². The smallest absolute Gasteiger partial charge is 0.226 e. The molecule has 0 bridgehead atoms. The van der Waals surface area contributed by atoms with E-state index in [1.807, 2.05) is 31.3 Å². The van der Waals surface area contributed by atoms with Gasteiger partial charge in [0.2, 0.25) is 5.95 Å². The van der Waals surface area contributed by atoms with E-state index in [0.29, 0.717) is 0 Å². The van der Waals surface area contributed by atoms with Gasteiger partial charge >= 0.3 is 0 Å². The van der Waals surface area contributed by atoms with Gasteiger partial charge in [-0.05, 0) is 22.0 Å². The second-order valence-corrected chi connectivity index (χ2v) is 5.05. The van der Waals surface area contributed by atoms with Gasteiger partial charge < -0.3 is 9.80 Å². The monoisotopic (exact) mass is 293 g/mol. The highest BCUT2D eigenvalue weighted by atomic mass is 79.9. The van der Waals surface area contributed by atoms with Gasteiger partial charge in [-0.1, -0.05) is 0 Å². The molecule has 0 spiro atoms. The van der Waals surface area contributed by atoms with E-state index in [9.17, 15) is 0 Å². The van der Waals surface area contributed by atoms with Gasteiger partial charge in [0, 0.05) is 32.4 Å². The predicted molar refractivity (Wildman–Crippen MR) is 72.9 cm³/mol. The van der Waals surface area contributed by atoms with E-state index in [0.717, 1.165) is 40.7 Å². The molecule has 0 saturated carbocycles. The van der Waals surface area contributed by atoms with Gasteiger partial charge in [-0.2, -0.15) is 4.98 Å². The highest BCUT2D eigenvalue weighted by Crippen LogP contribution is 2.33. The first-order valence-corrected chi connectivity index (χ1v) is 6.20. The lowest BCUT2D eigenvalue weighted by Crippen LogP contribution is -2.32. The Bertz CT molecular complexity index is 535. The number of amidine groups is 1. The molecular formula is C11H12BrN5. The van der Waals surface area contributed by atoms with E-state index in [1.54, 1.807) is 0 Å². The molecule has 0 amide bonds. The standard InChI is InChI=1S/C11H12BrN5/c1-16(2)11-14-6-7-5-8(12)10-13-3-4-17(10)9(7)15-11/h5-6H,3-4H2,1-2H3. The number of anilines is 2. The second kappa shape index (κ2) is 3.80. The Balaban J connectivity index is 2.15. The Labute approximate surface area is 108 Å². The Kier molecular flexibility index (Phi) is 2.39. The molecule has 3 heterocycles. The van der Waals surface area contributed by atoms with Crippen LogP contribution in [0.2, 0.25) is 0 Å². The SMILES string of the molecule is CN(C)c1ncc2c(n1)N1CCN=C1C(Br)=C2. The van der Waals surface area contributed by atoms with Crippen molar-refractivity contribution in [3.05, 3.63) is 16.2 Å². The molecule has 0 radical (unpaired) electrons. The third-order valence-corrected chi connectivity index (χ3v) is 3.36. The van der Waals surface area contributed by atoms with Crippen molar-refractivity contribution in [2.45, 2.75) is 0 Å². The summed E-state index contributed by atoms with van der Waals surface area (Å²) in [6.07, 6.45) is 3.88. The van der Waals surface area contributed by atoms with Crippen LogP contribution in [-0.2, 0) is 0 Å². The second-order valence-electron chi connectivity index (χ2n) is 4.19. The highest BCUT2D eigenvalue weighted by Gasteiger charge is 2.28. The molecular weight excluding hydrogens is 282 g/mol. The van der Waals surface area contributed by atoms with E-state index in [1.165, 1.54) is 0 Å². The van der Waals surface area contributed by atoms with Crippen molar-refractivity contribution < 1.29 is 0 Å². The van der Waals surface area contributed by atoms with Crippen LogP contribution >= 0.6 is 15.9 Å². The first kappa shape index (κ1) is 10.7. The minimum atomic E-state index is 0.724. The molecule has 2 aliphatic heterocycles. The van der Waals surface area contributed by atoms with Crippen molar-refractivity contribution in [2.24, 2.45) is 4.99 Å². The molecule has 88 valence electrons. The maximum Gasteiger partial charge on any atom is 0.226 e. The molecule has 0 saturated heterocycles. The molecule has 6 heteroatoms. The van der Waals surface area contributed by atoms with Gasteiger partial charge in [-0.25, -0.2) is 4.98 Å². The molecule has 0 aromatic carbocycles. The van der Waals surface area contributed by atoms with E-state index < -0.39 is 0 Å². The highest BCUT2D eigenvalue weighted by molar-refractivity contribution is 9.12. The summed E-state index contributed by atoms with van der Waals surface area (Å²) in [6.45, 7) is 1.70. The number of rotatable bonds is 1. The lowest BCUT2D eigenvalue weighted by Gasteiger charge is -2.25. The largest absolute Gasteiger partial charge is 0.347 e. The molecule has 5 nitrogen and oxygen atoms in total. The van der Waals surface area contributed by atoms with Crippen molar-refractivity contribution in [1.29, 1.82) is 0 Å². The van der Waals surface area contributed by atoms with Gasteiger partial charge in [0.05, 0.1) is 11.0 Å². The summed E-state index contributed by atoms with van der Waals surface area (Å²) in [4.78, 5) is 17.4. The molecule has 0 unspecified atom stereocenters. The normalized spacial score (nSPS) is 17.2. The van der Waals surface area contributed by atoms with Crippen LogP contribution in [0.3, 0.4) is 0 Å². The number of halogens is 1. The van der Waals surface area contributed by atoms with Gasteiger partial charge in [0.25, 0.3) is 0 Å². The van der Waals surface area contributed by atoms with Crippen molar-refractivity contribution in [2.75, 3.05) is 37.0 Å². The third-order valence-electron chi connectivity index (χ3n) is 2.78. The molecule has 2 aliphatic rings. The summed E-state index contributed by atoms with van der Waals surface area (Å²) in [7, 11) is 3.88. The molecule has 0 fully saturated rings. The fourth-order valence-corrected chi connectivity index (χ4v) is 2.55. The fourth-order valence-electron chi connectivity index (χ4n) is 1.97. The summed E-state index contributed by atoms with van der Waals surface area (Å²) in [5.74, 6) is 2.64. The molecule has 0 atom stereocenters. The third kappa shape index (κ3) is 1.63. The first-order valence-electron chi connectivity index (χ1n) is 5.41. The quantitative estimate of drug-likeness (QED) is 0.787. The number of aliphatic imine (C=N–C) groups is 1. The van der Waals surface area contributed by atoms with Crippen LogP contribution in [0.5, 0.6) is 0 Å². The summed E-state index contributed by atoms with van der Waals surface area (Å²) in [5.41, 5.74) is 1.03. The number of nitrogens with zero attached hydrogens (tertiary/aromatic N) is 5. The predicted octanol–water partition coefficient (Wildman–Crippen LogP) is 1.51. The molecule has 1 aromatic heterocycles. The number of fused-ring (bicyclic) bond motifs is 3. The van der Waals surface area contributed by atoms with Crippen LogP contribution < -0.4 is 9.80 Å². The van der Waals surface area contributed by atoms with Gasteiger partial charge in [-0.3, -0.25) is 4.99 Å². The van der Waals surface area contributed by atoms with Gasteiger partial charge in [-0.15, -0.1) is 0 Å². The Hall–Kier alpha value is -1.43. The van der Waals surface area contributed by atoms with Crippen molar-refractivity contribution in [1.82, 2.24) is 9.97 Å².